The molecular formula is C22H23NO7. The zero-order valence-corrected chi connectivity index (χ0v) is 16.5. The molecular weight excluding hydrogens is 390 g/mol. The Kier molecular flexibility index (Phi) is 9.05. The Balaban J connectivity index is 1.67. The summed E-state index contributed by atoms with van der Waals surface area (Å²) in [4.78, 5) is 33.2. The Morgan fingerprint density at radius 3 is 2.10 bits per heavy atom. The van der Waals surface area contributed by atoms with Gasteiger partial charge in [-0.3, -0.25) is 10.1 Å². The average Bonchev–Trinajstić information content (AvgIpc) is 2.76. The van der Waals surface area contributed by atoms with Crippen LogP contribution in [0.2, 0.25) is 0 Å². The van der Waals surface area contributed by atoms with Crippen molar-refractivity contribution in [2.45, 2.75) is 25.7 Å². The van der Waals surface area contributed by atoms with Crippen molar-refractivity contribution in [3.63, 3.8) is 0 Å². The van der Waals surface area contributed by atoms with Gasteiger partial charge in [-0.05, 0) is 62.1 Å². The van der Waals surface area contributed by atoms with Crippen LogP contribution < -0.4 is 9.47 Å². The van der Waals surface area contributed by atoms with Crippen molar-refractivity contribution in [3.8, 4) is 11.5 Å². The summed E-state index contributed by atoms with van der Waals surface area (Å²) in [5.74, 6) is -0.0991. The van der Waals surface area contributed by atoms with Gasteiger partial charge in [0.25, 0.3) is 5.69 Å². The van der Waals surface area contributed by atoms with E-state index in [1.54, 1.807) is 24.3 Å². The van der Waals surface area contributed by atoms with E-state index in [4.69, 9.17) is 14.2 Å². The summed E-state index contributed by atoms with van der Waals surface area (Å²) in [6, 6.07) is 11.8. The predicted molar refractivity (Wildman–Crippen MR) is 110 cm³/mol. The van der Waals surface area contributed by atoms with Crippen LogP contribution in [0.4, 0.5) is 5.69 Å². The molecule has 0 N–H and O–H groups in total. The molecule has 0 radical (unpaired) electrons. The minimum absolute atomic E-state index is 0.0765. The highest BCUT2D eigenvalue weighted by Crippen LogP contribution is 2.19. The maximum Gasteiger partial charge on any atom is 0.343 e. The van der Waals surface area contributed by atoms with E-state index in [1.165, 1.54) is 24.3 Å². The van der Waals surface area contributed by atoms with Crippen LogP contribution in [0, 0.1) is 10.1 Å². The number of benzene rings is 2. The maximum absolute atomic E-state index is 12.2. The Labute approximate surface area is 174 Å². The Morgan fingerprint density at radius 1 is 0.900 bits per heavy atom. The Morgan fingerprint density at radius 2 is 1.50 bits per heavy atom. The van der Waals surface area contributed by atoms with Crippen LogP contribution in [0.3, 0.4) is 0 Å². The first-order valence-electron chi connectivity index (χ1n) is 9.48. The summed E-state index contributed by atoms with van der Waals surface area (Å²) in [6.45, 7) is 4.27. The highest BCUT2D eigenvalue weighted by molar-refractivity contribution is 5.91. The number of nitro benzene ring substituents is 1. The van der Waals surface area contributed by atoms with Gasteiger partial charge in [-0.25, -0.2) is 9.59 Å². The minimum atomic E-state index is -0.562. The first-order chi connectivity index (χ1) is 14.5. The number of rotatable bonds is 12. The van der Waals surface area contributed by atoms with E-state index in [1.807, 2.05) is 0 Å². The lowest BCUT2D eigenvalue weighted by Gasteiger charge is -2.08. The Bertz CT molecular complexity index is 860. The van der Waals surface area contributed by atoms with Gasteiger partial charge in [0.15, 0.2) is 0 Å². The van der Waals surface area contributed by atoms with Crippen LogP contribution in [0.25, 0.3) is 0 Å². The minimum Gasteiger partial charge on any atom is -0.494 e. The summed E-state index contributed by atoms with van der Waals surface area (Å²) >= 11 is 0. The van der Waals surface area contributed by atoms with Crippen LogP contribution >= 0.6 is 0 Å². The Hall–Kier alpha value is -3.68. The molecule has 0 atom stereocenters. The van der Waals surface area contributed by atoms with Crippen LogP contribution in [-0.2, 0) is 9.53 Å². The molecule has 0 aliphatic rings. The van der Waals surface area contributed by atoms with Gasteiger partial charge in [0.05, 0.1) is 23.7 Å². The third-order valence-corrected chi connectivity index (χ3v) is 4.07. The van der Waals surface area contributed by atoms with Gasteiger partial charge in [0, 0.05) is 18.2 Å². The molecule has 0 heterocycles. The average molecular weight is 413 g/mol. The zero-order valence-electron chi connectivity index (χ0n) is 16.5. The zero-order chi connectivity index (χ0) is 21.8. The van der Waals surface area contributed by atoms with E-state index < -0.39 is 16.9 Å². The summed E-state index contributed by atoms with van der Waals surface area (Å²) in [7, 11) is 0. The molecule has 0 aliphatic heterocycles. The topological polar surface area (TPSA) is 105 Å². The molecule has 2 aromatic rings. The van der Waals surface area contributed by atoms with Gasteiger partial charge < -0.3 is 14.2 Å². The lowest BCUT2D eigenvalue weighted by Crippen LogP contribution is -2.08. The fraction of sp³-hybridized carbons (Fsp3) is 0.273. The first kappa shape index (κ1) is 22.6. The molecule has 2 aromatic carbocycles. The molecule has 0 saturated heterocycles. The van der Waals surface area contributed by atoms with Gasteiger partial charge in [-0.1, -0.05) is 6.58 Å². The first-order valence-corrected chi connectivity index (χ1v) is 9.48. The summed E-state index contributed by atoms with van der Waals surface area (Å²) in [5.41, 5.74) is 0.266. The predicted octanol–water partition coefficient (Wildman–Crippen LogP) is 4.48. The second kappa shape index (κ2) is 12.0. The van der Waals surface area contributed by atoms with Crippen molar-refractivity contribution in [3.05, 3.63) is 76.9 Å². The molecule has 0 unspecified atom stereocenters. The molecule has 0 bridgehead atoms. The third-order valence-electron chi connectivity index (χ3n) is 4.07. The van der Waals surface area contributed by atoms with Crippen molar-refractivity contribution in [1.82, 2.24) is 0 Å². The van der Waals surface area contributed by atoms with E-state index in [0.717, 1.165) is 31.8 Å². The summed E-state index contributed by atoms with van der Waals surface area (Å²) < 4.78 is 15.7. The van der Waals surface area contributed by atoms with Gasteiger partial charge in [-0.2, -0.15) is 0 Å². The monoisotopic (exact) mass is 413 g/mol. The molecule has 0 aromatic heterocycles. The van der Waals surface area contributed by atoms with Crippen LogP contribution in [0.15, 0.2) is 61.2 Å². The van der Waals surface area contributed by atoms with Gasteiger partial charge in [0.1, 0.15) is 11.5 Å². The van der Waals surface area contributed by atoms with Crippen molar-refractivity contribution in [2.24, 2.45) is 0 Å². The van der Waals surface area contributed by atoms with Gasteiger partial charge in [0.2, 0.25) is 0 Å². The van der Waals surface area contributed by atoms with E-state index in [0.29, 0.717) is 24.5 Å². The molecule has 8 heteroatoms. The molecule has 0 fully saturated rings. The van der Waals surface area contributed by atoms with Crippen LogP contribution in [-0.4, -0.2) is 30.1 Å². The molecule has 0 amide bonds. The standard InChI is InChI=1S/C22H23NO7/c1-2-21(24)29-16-6-4-3-5-15-28-19-11-7-17(8-12-19)22(25)30-20-13-9-18(10-14-20)23(26)27/h2,7-14H,1,3-6,15-16H2. The molecule has 0 saturated carbocycles. The number of hydrogen-bond donors (Lipinski definition) is 0. The normalized spacial score (nSPS) is 10.1. The molecule has 2 rings (SSSR count). The van der Waals surface area contributed by atoms with Crippen molar-refractivity contribution < 1.29 is 28.7 Å². The van der Waals surface area contributed by atoms with Crippen LogP contribution in [0.5, 0.6) is 11.5 Å². The molecule has 158 valence electrons. The second-order valence-electron chi connectivity index (χ2n) is 6.30. The molecule has 8 nitrogen and oxygen atoms in total. The number of nitrogens with zero attached hydrogens (tertiary/aromatic N) is 1. The van der Waals surface area contributed by atoms with Crippen molar-refractivity contribution >= 4 is 17.6 Å². The largest absolute Gasteiger partial charge is 0.494 e. The number of nitro groups is 1. The van der Waals surface area contributed by atoms with E-state index >= 15 is 0 Å². The van der Waals surface area contributed by atoms with Gasteiger partial charge >= 0.3 is 11.9 Å². The number of esters is 2. The van der Waals surface area contributed by atoms with Crippen LogP contribution in [0.1, 0.15) is 36.0 Å². The number of carbonyl (C=O) groups is 2. The van der Waals surface area contributed by atoms with Gasteiger partial charge in [-0.15, -0.1) is 0 Å². The SMILES string of the molecule is C=CC(=O)OCCCCCCOc1ccc(C(=O)Oc2ccc([N+](=O)[O-])cc2)cc1. The fourth-order valence-electron chi connectivity index (χ4n) is 2.47. The lowest BCUT2D eigenvalue weighted by molar-refractivity contribution is -0.384. The summed E-state index contributed by atoms with van der Waals surface area (Å²) in [5, 5.41) is 10.6. The second-order valence-corrected chi connectivity index (χ2v) is 6.30. The fourth-order valence-corrected chi connectivity index (χ4v) is 2.47. The number of ether oxygens (including phenoxy) is 3. The van der Waals surface area contributed by atoms with E-state index in [-0.39, 0.29) is 11.4 Å². The number of unbranched alkanes of at least 4 members (excludes halogenated alkanes) is 3. The molecule has 0 spiro atoms. The maximum atomic E-state index is 12.2. The smallest absolute Gasteiger partial charge is 0.343 e. The van der Waals surface area contributed by atoms with E-state index in [2.05, 4.69) is 6.58 Å². The quantitative estimate of drug-likeness (QED) is 0.126. The summed E-state index contributed by atoms with van der Waals surface area (Å²) in [6.07, 6.45) is 4.69. The number of hydrogen-bond acceptors (Lipinski definition) is 7. The molecule has 30 heavy (non-hydrogen) atoms. The third kappa shape index (κ3) is 7.75. The number of carbonyl (C=O) groups excluding carboxylic acids is 2. The highest BCUT2D eigenvalue weighted by atomic mass is 16.6. The van der Waals surface area contributed by atoms with Crippen molar-refractivity contribution in [1.29, 1.82) is 0 Å². The van der Waals surface area contributed by atoms with Crippen molar-refractivity contribution in [2.75, 3.05) is 13.2 Å². The highest BCUT2D eigenvalue weighted by Gasteiger charge is 2.10. The lowest BCUT2D eigenvalue weighted by atomic mass is 10.2. The number of non-ortho nitro benzene ring substituents is 1. The molecule has 0 aliphatic carbocycles. The van der Waals surface area contributed by atoms with E-state index in [9.17, 15) is 19.7 Å².